The van der Waals surface area contributed by atoms with E-state index in [1.807, 2.05) is 98.8 Å². The van der Waals surface area contributed by atoms with Crippen LogP contribution in [0.5, 0.6) is 23.0 Å². The Morgan fingerprint density at radius 2 is 0.786 bits per heavy atom. The molecular weight excluding hydrogens is 524 g/mol. The monoisotopic (exact) mass is 556 g/mol. The molecule has 0 atom stereocenters. The molecular formula is C36H32N2O4. The minimum absolute atomic E-state index is 0.193. The highest BCUT2D eigenvalue weighted by atomic mass is 16.5. The number of nitrogens with one attached hydrogen (secondary N) is 2. The minimum atomic E-state index is -0.193. The van der Waals surface area contributed by atoms with E-state index in [1.54, 1.807) is 48.6 Å². The molecule has 0 aromatic heterocycles. The van der Waals surface area contributed by atoms with Gasteiger partial charge in [0, 0.05) is 23.5 Å². The first-order valence-corrected chi connectivity index (χ1v) is 13.5. The molecule has 0 heterocycles. The van der Waals surface area contributed by atoms with Gasteiger partial charge in [-0.15, -0.1) is 0 Å². The van der Waals surface area contributed by atoms with Crippen molar-refractivity contribution in [2.75, 3.05) is 10.6 Å². The Hall–Kier alpha value is -5.62. The number of hydrogen-bond acceptors (Lipinski definition) is 4. The molecule has 0 spiro atoms. The number of benzene rings is 4. The van der Waals surface area contributed by atoms with Gasteiger partial charge < -0.3 is 20.1 Å². The predicted molar refractivity (Wildman–Crippen MR) is 170 cm³/mol. The van der Waals surface area contributed by atoms with Crippen LogP contribution in [0.25, 0.3) is 11.1 Å². The standard InChI is InChI=1S/C36H32N2O4/c1-3-5-7-9-35(39)37-29-15-23-33(24-16-29)41-31-19-11-27(12-20-31)28-13-21-32(22-14-28)42-34-25-17-30(18-26-34)38-36(40)10-8-6-4-2/h3-26H,1-2H3,(H,37,39)(H,38,40)/b5-3+,6-4+,9-7+,10-8+. The molecule has 0 aliphatic carbocycles. The number of carbonyl (C=O) groups is 2. The SMILES string of the molecule is C/C=C/C=C/C(=O)Nc1ccc(Oc2ccc(-c3ccc(Oc4ccc(NC(=O)/C=C/C=C/C)cc4)cc3)cc2)cc1. The highest BCUT2D eigenvalue weighted by molar-refractivity contribution is 6.00. The molecule has 6 heteroatoms. The summed E-state index contributed by atoms with van der Waals surface area (Å²) in [7, 11) is 0. The molecule has 0 aliphatic rings. The largest absolute Gasteiger partial charge is 0.457 e. The van der Waals surface area contributed by atoms with Crippen LogP contribution in [0, 0.1) is 0 Å². The molecule has 4 aromatic rings. The van der Waals surface area contributed by atoms with Gasteiger partial charge in [0.05, 0.1) is 0 Å². The van der Waals surface area contributed by atoms with E-state index in [2.05, 4.69) is 10.6 Å². The molecule has 6 nitrogen and oxygen atoms in total. The third-order valence-corrected chi connectivity index (χ3v) is 5.86. The van der Waals surface area contributed by atoms with E-state index >= 15 is 0 Å². The summed E-state index contributed by atoms with van der Waals surface area (Å²) in [6.07, 6.45) is 13.6. The van der Waals surface area contributed by atoms with E-state index in [0.717, 1.165) is 11.1 Å². The fourth-order valence-electron chi connectivity index (χ4n) is 3.79. The number of hydrogen-bond donors (Lipinski definition) is 2. The predicted octanol–water partition coefficient (Wildman–Crippen LogP) is 9.08. The molecule has 0 saturated heterocycles. The highest BCUT2D eigenvalue weighted by Crippen LogP contribution is 2.29. The van der Waals surface area contributed by atoms with Crippen LogP contribution < -0.4 is 20.1 Å². The minimum Gasteiger partial charge on any atom is -0.457 e. The van der Waals surface area contributed by atoms with Gasteiger partial charge in [-0.25, -0.2) is 0 Å². The van der Waals surface area contributed by atoms with Crippen molar-refractivity contribution in [2.45, 2.75) is 13.8 Å². The summed E-state index contributed by atoms with van der Waals surface area (Å²) in [5.74, 6) is 2.37. The average Bonchev–Trinajstić information content (AvgIpc) is 3.00. The van der Waals surface area contributed by atoms with Gasteiger partial charge in [0.1, 0.15) is 23.0 Å². The lowest BCUT2D eigenvalue weighted by Crippen LogP contribution is -2.07. The molecule has 2 amide bonds. The average molecular weight is 557 g/mol. The number of amides is 2. The van der Waals surface area contributed by atoms with Crippen LogP contribution in [-0.4, -0.2) is 11.8 Å². The summed E-state index contributed by atoms with van der Waals surface area (Å²) in [6, 6.07) is 30.1. The molecule has 0 unspecified atom stereocenters. The van der Waals surface area contributed by atoms with Gasteiger partial charge >= 0.3 is 0 Å². The van der Waals surface area contributed by atoms with Gasteiger partial charge in [-0.05, 0) is 97.8 Å². The number of allylic oxidation sites excluding steroid dienone is 6. The first-order valence-electron chi connectivity index (χ1n) is 13.5. The normalized spacial score (nSPS) is 11.4. The summed E-state index contributed by atoms with van der Waals surface area (Å²) in [4.78, 5) is 23.8. The highest BCUT2D eigenvalue weighted by Gasteiger charge is 2.04. The number of carbonyl (C=O) groups excluding carboxylic acids is 2. The molecule has 0 saturated carbocycles. The second-order valence-corrected chi connectivity index (χ2v) is 9.05. The van der Waals surface area contributed by atoms with Crippen LogP contribution in [0.1, 0.15) is 13.8 Å². The smallest absolute Gasteiger partial charge is 0.248 e. The zero-order valence-electron chi connectivity index (χ0n) is 23.5. The van der Waals surface area contributed by atoms with Crippen molar-refractivity contribution in [2.24, 2.45) is 0 Å². The van der Waals surface area contributed by atoms with Crippen molar-refractivity contribution in [3.05, 3.63) is 146 Å². The van der Waals surface area contributed by atoms with Gasteiger partial charge in [-0.2, -0.15) is 0 Å². The third-order valence-electron chi connectivity index (χ3n) is 5.86. The molecule has 0 fully saturated rings. The van der Waals surface area contributed by atoms with Crippen LogP contribution >= 0.6 is 0 Å². The Balaban J connectivity index is 1.29. The van der Waals surface area contributed by atoms with E-state index in [-0.39, 0.29) is 11.8 Å². The Bertz CT molecular complexity index is 1460. The van der Waals surface area contributed by atoms with Gasteiger partial charge in [0.15, 0.2) is 0 Å². The molecule has 0 bridgehead atoms. The van der Waals surface area contributed by atoms with Gasteiger partial charge in [0.25, 0.3) is 0 Å². The van der Waals surface area contributed by atoms with E-state index in [9.17, 15) is 9.59 Å². The Kier molecular flexibility index (Phi) is 10.7. The fraction of sp³-hybridized carbons (Fsp3) is 0.0556. The second-order valence-electron chi connectivity index (χ2n) is 9.05. The first kappa shape index (κ1) is 29.4. The van der Waals surface area contributed by atoms with Crippen molar-refractivity contribution in [1.82, 2.24) is 0 Å². The fourth-order valence-corrected chi connectivity index (χ4v) is 3.79. The topological polar surface area (TPSA) is 76.7 Å². The maximum atomic E-state index is 11.9. The van der Waals surface area contributed by atoms with Gasteiger partial charge in [-0.1, -0.05) is 60.7 Å². The maximum Gasteiger partial charge on any atom is 0.248 e. The molecule has 210 valence electrons. The Labute approximate surface area is 246 Å². The van der Waals surface area contributed by atoms with Gasteiger partial charge in [-0.3, -0.25) is 9.59 Å². The molecule has 2 N–H and O–H groups in total. The summed E-state index contributed by atoms with van der Waals surface area (Å²) >= 11 is 0. The molecule has 4 rings (SSSR count). The summed E-state index contributed by atoms with van der Waals surface area (Å²) in [5, 5.41) is 5.62. The van der Waals surface area contributed by atoms with Crippen LogP contribution in [0.4, 0.5) is 11.4 Å². The van der Waals surface area contributed by atoms with E-state index < -0.39 is 0 Å². The lowest BCUT2D eigenvalue weighted by Gasteiger charge is -2.10. The van der Waals surface area contributed by atoms with Crippen molar-refractivity contribution in [3.8, 4) is 34.1 Å². The van der Waals surface area contributed by atoms with Crippen LogP contribution in [-0.2, 0) is 9.59 Å². The molecule has 4 aromatic carbocycles. The Morgan fingerprint density at radius 3 is 1.10 bits per heavy atom. The number of rotatable bonds is 11. The third kappa shape index (κ3) is 9.24. The zero-order valence-corrected chi connectivity index (χ0v) is 23.5. The first-order chi connectivity index (χ1) is 20.5. The van der Waals surface area contributed by atoms with Crippen molar-refractivity contribution >= 4 is 23.2 Å². The van der Waals surface area contributed by atoms with Crippen LogP contribution in [0.15, 0.2) is 146 Å². The van der Waals surface area contributed by atoms with E-state index in [0.29, 0.717) is 34.4 Å². The van der Waals surface area contributed by atoms with Crippen LogP contribution in [0.2, 0.25) is 0 Å². The quantitative estimate of drug-likeness (QED) is 0.143. The van der Waals surface area contributed by atoms with E-state index in [4.69, 9.17) is 9.47 Å². The lowest BCUT2D eigenvalue weighted by molar-refractivity contribution is -0.112. The molecule has 0 radical (unpaired) electrons. The lowest BCUT2D eigenvalue weighted by atomic mass is 10.1. The van der Waals surface area contributed by atoms with Crippen molar-refractivity contribution in [1.29, 1.82) is 0 Å². The number of anilines is 2. The molecule has 42 heavy (non-hydrogen) atoms. The zero-order chi connectivity index (χ0) is 29.6. The Morgan fingerprint density at radius 1 is 0.476 bits per heavy atom. The second kappa shape index (κ2) is 15.2. The summed E-state index contributed by atoms with van der Waals surface area (Å²) < 4.78 is 11.9. The van der Waals surface area contributed by atoms with Crippen molar-refractivity contribution in [3.63, 3.8) is 0 Å². The molecule has 0 aliphatic heterocycles. The van der Waals surface area contributed by atoms with Crippen molar-refractivity contribution < 1.29 is 19.1 Å². The maximum absolute atomic E-state index is 11.9. The number of ether oxygens (including phenoxy) is 2. The van der Waals surface area contributed by atoms with Gasteiger partial charge in [0.2, 0.25) is 11.8 Å². The van der Waals surface area contributed by atoms with Crippen LogP contribution in [0.3, 0.4) is 0 Å². The van der Waals surface area contributed by atoms with E-state index in [1.165, 1.54) is 12.2 Å². The summed E-state index contributed by atoms with van der Waals surface area (Å²) in [6.45, 7) is 3.78. The summed E-state index contributed by atoms with van der Waals surface area (Å²) in [5.41, 5.74) is 3.47.